The molecule has 0 aliphatic carbocycles. The van der Waals surface area contributed by atoms with Crippen LogP contribution < -0.4 is 0 Å². The Labute approximate surface area is 109 Å². The van der Waals surface area contributed by atoms with Gasteiger partial charge in [-0.3, -0.25) is 4.79 Å². The summed E-state index contributed by atoms with van der Waals surface area (Å²) in [5, 5.41) is 0. The lowest BCUT2D eigenvalue weighted by Gasteiger charge is -2.16. The summed E-state index contributed by atoms with van der Waals surface area (Å²) in [6, 6.07) is 2.59. The second-order valence-corrected chi connectivity index (χ2v) is 4.61. The van der Waals surface area contributed by atoms with Gasteiger partial charge in [0.15, 0.2) is 5.78 Å². The molecule has 0 unspecified atom stereocenters. The third-order valence-corrected chi connectivity index (χ3v) is 2.95. The maximum absolute atomic E-state index is 12.8. The Hall–Kier alpha value is -1.18. The molecule has 1 nitrogen and oxygen atoms in total. The van der Waals surface area contributed by atoms with Crippen molar-refractivity contribution in [3.05, 3.63) is 29.3 Å². The van der Waals surface area contributed by atoms with E-state index in [4.69, 9.17) is 0 Å². The van der Waals surface area contributed by atoms with E-state index in [0.29, 0.717) is 6.07 Å². The molecule has 0 N–H and O–H groups in total. The van der Waals surface area contributed by atoms with Gasteiger partial charge in [-0.25, -0.2) is 0 Å². The van der Waals surface area contributed by atoms with Gasteiger partial charge >= 0.3 is 11.7 Å². The highest BCUT2D eigenvalue weighted by Crippen LogP contribution is 2.45. The molecule has 1 rings (SSSR count). The Morgan fingerprint density at radius 2 is 1.74 bits per heavy atom. The van der Waals surface area contributed by atoms with Crippen LogP contribution in [-0.4, -0.2) is 11.3 Å². The smallest absolute Gasteiger partial charge is 0.294 e. The predicted octanol–water partition coefficient (Wildman–Crippen LogP) is 4.91. The number of hydrogen-bond donors (Lipinski definition) is 0. The largest absolute Gasteiger partial charge is 0.446 e. The SMILES string of the molecule is CCC(=O)c1cccc(SC(F)(F)F)c1C(F)(F)F. The Morgan fingerprint density at radius 1 is 1.16 bits per heavy atom. The summed E-state index contributed by atoms with van der Waals surface area (Å²) in [6.07, 6.45) is -5.24. The molecule has 8 heteroatoms. The van der Waals surface area contributed by atoms with Crippen molar-refractivity contribution in [2.45, 2.75) is 29.9 Å². The van der Waals surface area contributed by atoms with Crippen LogP contribution in [0, 0.1) is 0 Å². The number of halogens is 6. The van der Waals surface area contributed by atoms with Crippen molar-refractivity contribution >= 4 is 17.5 Å². The fourth-order valence-corrected chi connectivity index (χ4v) is 2.18. The molecule has 1 aromatic rings. The number of carbonyl (C=O) groups is 1. The molecular formula is C11H8F6OS. The second-order valence-electron chi connectivity index (χ2n) is 3.50. The third kappa shape index (κ3) is 4.15. The number of carbonyl (C=O) groups excluding carboxylic acids is 1. The summed E-state index contributed by atoms with van der Waals surface area (Å²) >= 11 is -0.876. The minimum atomic E-state index is -5.02. The van der Waals surface area contributed by atoms with E-state index < -0.39 is 45.3 Å². The lowest BCUT2D eigenvalue weighted by Crippen LogP contribution is -2.15. The quantitative estimate of drug-likeness (QED) is 0.448. The summed E-state index contributed by atoms with van der Waals surface area (Å²) in [7, 11) is 0. The number of rotatable bonds is 3. The van der Waals surface area contributed by atoms with E-state index in [1.165, 1.54) is 6.92 Å². The first-order valence-electron chi connectivity index (χ1n) is 5.05. The van der Waals surface area contributed by atoms with E-state index in [0.717, 1.165) is 12.1 Å². The van der Waals surface area contributed by atoms with E-state index in [1.54, 1.807) is 0 Å². The second kappa shape index (κ2) is 5.44. The lowest BCUT2D eigenvalue weighted by molar-refractivity contribution is -0.140. The van der Waals surface area contributed by atoms with Gasteiger partial charge in [0.2, 0.25) is 0 Å². The van der Waals surface area contributed by atoms with Gasteiger partial charge in [-0.15, -0.1) is 0 Å². The molecular weight excluding hydrogens is 294 g/mol. The molecule has 19 heavy (non-hydrogen) atoms. The van der Waals surface area contributed by atoms with Crippen molar-refractivity contribution in [2.24, 2.45) is 0 Å². The number of benzene rings is 1. The number of hydrogen-bond acceptors (Lipinski definition) is 2. The molecule has 0 radical (unpaired) electrons. The molecule has 0 aromatic heterocycles. The van der Waals surface area contributed by atoms with Crippen molar-refractivity contribution in [3.63, 3.8) is 0 Å². The van der Waals surface area contributed by atoms with Gasteiger partial charge in [0, 0.05) is 16.9 Å². The molecule has 0 spiro atoms. The van der Waals surface area contributed by atoms with E-state index >= 15 is 0 Å². The van der Waals surface area contributed by atoms with Crippen molar-refractivity contribution in [3.8, 4) is 0 Å². The lowest BCUT2D eigenvalue weighted by atomic mass is 10.0. The van der Waals surface area contributed by atoms with Crippen LogP contribution in [0.5, 0.6) is 0 Å². The van der Waals surface area contributed by atoms with Gasteiger partial charge in [0.1, 0.15) is 0 Å². The number of alkyl halides is 6. The Morgan fingerprint density at radius 3 is 2.16 bits per heavy atom. The van der Waals surface area contributed by atoms with Crippen molar-refractivity contribution in [1.82, 2.24) is 0 Å². The van der Waals surface area contributed by atoms with Crippen molar-refractivity contribution < 1.29 is 31.1 Å². The minimum absolute atomic E-state index is 0.219. The predicted molar refractivity (Wildman–Crippen MR) is 58.0 cm³/mol. The average Bonchev–Trinajstić information content (AvgIpc) is 2.23. The first kappa shape index (κ1) is 15.9. The van der Waals surface area contributed by atoms with Crippen LogP contribution >= 0.6 is 11.8 Å². The highest BCUT2D eigenvalue weighted by Gasteiger charge is 2.41. The van der Waals surface area contributed by atoms with E-state index in [1.807, 2.05) is 0 Å². The Bertz CT molecular complexity index is 477. The minimum Gasteiger partial charge on any atom is -0.294 e. The molecule has 0 fully saturated rings. The maximum atomic E-state index is 12.8. The molecule has 0 atom stereocenters. The Balaban J connectivity index is 3.44. The summed E-state index contributed by atoms with van der Waals surface area (Å²) in [4.78, 5) is 10.4. The van der Waals surface area contributed by atoms with Gasteiger partial charge in [0.25, 0.3) is 0 Å². The first-order valence-corrected chi connectivity index (χ1v) is 5.87. The molecule has 0 saturated carbocycles. The molecule has 0 heterocycles. The van der Waals surface area contributed by atoms with Crippen LogP contribution in [0.3, 0.4) is 0 Å². The summed E-state index contributed by atoms with van der Waals surface area (Å²) in [5.74, 6) is -0.850. The van der Waals surface area contributed by atoms with Crippen molar-refractivity contribution in [2.75, 3.05) is 0 Å². The fourth-order valence-electron chi connectivity index (χ4n) is 1.46. The highest BCUT2D eigenvalue weighted by atomic mass is 32.2. The number of thioether (sulfide) groups is 1. The van der Waals surface area contributed by atoms with Gasteiger partial charge in [0.05, 0.1) is 5.56 Å². The molecule has 0 aliphatic heterocycles. The first-order chi connectivity index (χ1) is 8.56. The van der Waals surface area contributed by atoms with Crippen LogP contribution in [0.2, 0.25) is 0 Å². The van der Waals surface area contributed by atoms with Crippen LogP contribution in [0.1, 0.15) is 29.3 Å². The maximum Gasteiger partial charge on any atom is 0.446 e. The topological polar surface area (TPSA) is 17.1 Å². The zero-order valence-electron chi connectivity index (χ0n) is 9.52. The zero-order valence-corrected chi connectivity index (χ0v) is 10.3. The molecule has 0 bridgehead atoms. The highest BCUT2D eigenvalue weighted by molar-refractivity contribution is 8.00. The standard InChI is InChI=1S/C11H8F6OS/c1-2-7(18)6-4-3-5-8(19-11(15,16)17)9(6)10(12,13)14/h3-5H,2H2,1H3. The normalized spacial score (nSPS) is 12.6. The Kier molecular flexibility index (Phi) is 4.54. The molecule has 1 aromatic carbocycles. The summed E-state index contributed by atoms with van der Waals surface area (Å²) in [6.45, 7) is 1.34. The number of Topliss-reactive ketones (excluding diaryl/α,β-unsaturated/α-hetero) is 1. The van der Waals surface area contributed by atoms with Gasteiger partial charge in [-0.2, -0.15) is 26.3 Å². The summed E-state index contributed by atoms with van der Waals surface area (Å²) in [5.41, 5.74) is -7.11. The molecule has 106 valence electrons. The number of ketones is 1. The van der Waals surface area contributed by atoms with Gasteiger partial charge < -0.3 is 0 Å². The molecule has 0 aliphatic rings. The monoisotopic (exact) mass is 302 g/mol. The van der Waals surface area contributed by atoms with Gasteiger partial charge in [-0.1, -0.05) is 19.1 Å². The fraction of sp³-hybridized carbons (Fsp3) is 0.364. The average molecular weight is 302 g/mol. The summed E-state index contributed by atoms with van der Waals surface area (Å²) < 4.78 is 75.2. The van der Waals surface area contributed by atoms with Crippen LogP contribution in [0.25, 0.3) is 0 Å². The van der Waals surface area contributed by atoms with E-state index in [-0.39, 0.29) is 6.42 Å². The zero-order chi connectivity index (χ0) is 14.8. The van der Waals surface area contributed by atoms with Gasteiger partial charge in [-0.05, 0) is 17.8 Å². The molecule has 0 saturated heterocycles. The van der Waals surface area contributed by atoms with E-state index in [2.05, 4.69) is 0 Å². The van der Waals surface area contributed by atoms with Crippen LogP contribution in [0.4, 0.5) is 26.3 Å². The third-order valence-electron chi connectivity index (χ3n) is 2.16. The van der Waals surface area contributed by atoms with Crippen LogP contribution in [0.15, 0.2) is 23.1 Å². The molecule has 0 amide bonds. The van der Waals surface area contributed by atoms with E-state index in [9.17, 15) is 31.1 Å². The van der Waals surface area contributed by atoms with Crippen molar-refractivity contribution in [1.29, 1.82) is 0 Å². The van der Waals surface area contributed by atoms with Crippen LogP contribution in [-0.2, 0) is 6.18 Å².